The molecule has 7 heteroatoms. The van der Waals surface area contributed by atoms with Gasteiger partial charge in [0.25, 0.3) is 0 Å². The number of oxime groups is 1. The highest BCUT2D eigenvalue weighted by molar-refractivity contribution is 6.07. The van der Waals surface area contributed by atoms with E-state index in [1.807, 2.05) is 7.05 Å². The van der Waals surface area contributed by atoms with E-state index >= 15 is 0 Å². The number of methoxy groups -OCH3 is 1. The zero-order chi connectivity index (χ0) is 15.2. The third kappa shape index (κ3) is 3.83. The molecule has 1 rings (SSSR count). The Bertz CT molecular complexity index is 354. The van der Waals surface area contributed by atoms with Crippen LogP contribution in [-0.2, 0) is 9.53 Å². The van der Waals surface area contributed by atoms with Crippen LogP contribution in [0.25, 0.3) is 0 Å². The fourth-order valence-corrected chi connectivity index (χ4v) is 2.62. The zero-order valence-corrected chi connectivity index (χ0v) is 12.6. The van der Waals surface area contributed by atoms with Crippen molar-refractivity contribution in [3.63, 3.8) is 0 Å². The maximum atomic E-state index is 12.3. The molecular weight excluding hydrogens is 260 g/mol. The molecule has 0 aromatic heterocycles. The molecule has 20 heavy (non-hydrogen) atoms. The van der Waals surface area contributed by atoms with Crippen molar-refractivity contribution < 1.29 is 14.7 Å². The number of nitrogens with zero attached hydrogens (tertiary/aromatic N) is 2. The maximum Gasteiger partial charge on any atom is 0.234 e. The molecule has 7 nitrogen and oxygen atoms in total. The third-order valence-electron chi connectivity index (χ3n) is 3.88. The molecule has 0 aromatic rings. The molecule has 0 spiro atoms. The number of hydrogen-bond donors (Lipinski definition) is 3. The van der Waals surface area contributed by atoms with E-state index < -0.39 is 5.41 Å². The Hall–Kier alpha value is -1.34. The molecule has 0 saturated heterocycles. The van der Waals surface area contributed by atoms with Gasteiger partial charge in [0.2, 0.25) is 5.91 Å². The van der Waals surface area contributed by atoms with Gasteiger partial charge >= 0.3 is 0 Å². The van der Waals surface area contributed by atoms with Crippen molar-refractivity contribution in [2.24, 2.45) is 22.2 Å². The van der Waals surface area contributed by atoms with E-state index in [-0.39, 0.29) is 11.7 Å². The van der Waals surface area contributed by atoms with Gasteiger partial charge in [-0.1, -0.05) is 12.1 Å². The minimum absolute atomic E-state index is 0.0147. The molecule has 1 amide bonds. The van der Waals surface area contributed by atoms with E-state index in [4.69, 9.17) is 15.7 Å². The number of amidine groups is 1. The van der Waals surface area contributed by atoms with Gasteiger partial charge in [-0.15, -0.1) is 0 Å². The van der Waals surface area contributed by atoms with Gasteiger partial charge in [0.1, 0.15) is 5.41 Å². The predicted molar refractivity (Wildman–Crippen MR) is 76.6 cm³/mol. The summed E-state index contributed by atoms with van der Waals surface area (Å²) in [5.74, 6) is 0.289. The second-order valence-corrected chi connectivity index (χ2v) is 5.63. The minimum atomic E-state index is -0.820. The highest BCUT2D eigenvalue weighted by Crippen LogP contribution is 2.45. The molecule has 0 atom stereocenters. The van der Waals surface area contributed by atoms with Crippen molar-refractivity contribution in [1.82, 2.24) is 10.2 Å². The summed E-state index contributed by atoms with van der Waals surface area (Å²) in [5, 5.41) is 14.7. The largest absolute Gasteiger partial charge is 0.409 e. The molecule has 116 valence electrons. The van der Waals surface area contributed by atoms with Gasteiger partial charge in [-0.2, -0.15) is 0 Å². The van der Waals surface area contributed by atoms with Crippen molar-refractivity contribution in [3.05, 3.63) is 0 Å². The molecule has 0 aromatic carbocycles. The topological polar surface area (TPSA) is 100 Å². The zero-order valence-electron chi connectivity index (χ0n) is 12.6. The number of nitrogens with one attached hydrogen (secondary N) is 1. The minimum Gasteiger partial charge on any atom is -0.409 e. The highest BCUT2D eigenvalue weighted by atomic mass is 16.5. The van der Waals surface area contributed by atoms with Crippen LogP contribution >= 0.6 is 0 Å². The maximum absolute atomic E-state index is 12.3. The smallest absolute Gasteiger partial charge is 0.234 e. The molecule has 1 fully saturated rings. The summed E-state index contributed by atoms with van der Waals surface area (Å²) in [4.78, 5) is 14.3. The molecular formula is C13H26N4O3. The van der Waals surface area contributed by atoms with Crippen LogP contribution in [0.4, 0.5) is 0 Å². The second-order valence-electron chi connectivity index (χ2n) is 5.63. The van der Waals surface area contributed by atoms with E-state index in [0.29, 0.717) is 31.9 Å². The Morgan fingerprint density at radius 2 is 2.20 bits per heavy atom. The fourth-order valence-electron chi connectivity index (χ4n) is 2.62. The Balaban J connectivity index is 2.41. The normalized spacial score (nSPS) is 26.4. The Morgan fingerprint density at radius 3 is 2.70 bits per heavy atom. The van der Waals surface area contributed by atoms with E-state index in [0.717, 1.165) is 13.1 Å². The quantitative estimate of drug-likeness (QED) is 0.249. The van der Waals surface area contributed by atoms with Crippen LogP contribution in [0.15, 0.2) is 5.16 Å². The van der Waals surface area contributed by atoms with Crippen LogP contribution in [0.1, 0.15) is 19.8 Å². The summed E-state index contributed by atoms with van der Waals surface area (Å²) in [6, 6.07) is 0. The van der Waals surface area contributed by atoms with Gasteiger partial charge in [0.15, 0.2) is 5.84 Å². The lowest BCUT2D eigenvalue weighted by atomic mass is 9.61. The van der Waals surface area contributed by atoms with Crippen LogP contribution in [0.5, 0.6) is 0 Å². The predicted octanol–water partition coefficient (Wildman–Crippen LogP) is -0.156. The number of carbonyl (C=O) groups is 1. The average Bonchev–Trinajstić information content (AvgIpc) is 2.40. The van der Waals surface area contributed by atoms with E-state index in [1.54, 1.807) is 7.11 Å². The van der Waals surface area contributed by atoms with Crippen molar-refractivity contribution >= 4 is 11.7 Å². The first-order valence-electron chi connectivity index (χ1n) is 6.90. The molecule has 4 N–H and O–H groups in total. The van der Waals surface area contributed by atoms with Gasteiger partial charge in [-0.05, 0) is 25.8 Å². The standard InChI is InChI=1S/C13H26N4O3/c1-10-8-13(9-10,11(14)16-19)12(18)15-4-5-17(2)6-7-20-3/h10,19H,4-9H2,1-3H3,(H2,14,16)(H,15,18). The molecule has 0 bridgehead atoms. The van der Waals surface area contributed by atoms with Crippen molar-refractivity contribution in [1.29, 1.82) is 0 Å². The lowest BCUT2D eigenvalue weighted by molar-refractivity contribution is -0.133. The third-order valence-corrected chi connectivity index (χ3v) is 3.88. The van der Waals surface area contributed by atoms with Crippen LogP contribution in [-0.4, -0.2) is 62.2 Å². The number of amides is 1. The lowest BCUT2D eigenvalue weighted by Gasteiger charge is -2.43. The van der Waals surface area contributed by atoms with Gasteiger partial charge in [-0.25, -0.2) is 0 Å². The number of likely N-dealkylation sites (N-methyl/N-ethyl adjacent to an activating group) is 1. The van der Waals surface area contributed by atoms with Crippen molar-refractivity contribution in [3.8, 4) is 0 Å². The van der Waals surface area contributed by atoms with Gasteiger partial charge in [-0.3, -0.25) is 4.79 Å². The Labute approximate surface area is 120 Å². The Kier molecular flexibility index (Phi) is 6.22. The van der Waals surface area contributed by atoms with Gasteiger partial charge < -0.3 is 25.9 Å². The highest BCUT2D eigenvalue weighted by Gasteiger charge is 2.51. The summed E-state index contributed by atoms with van der Waals surface area (Å²) in [7, 11) is 3.63. The van der Waals surface area contributed by atoms with Gasteiger partial charge in [0.05, 0.1) is 6.61 Å². The summed E-state index contributed by atoms with van der Waals surface area (Å²) < 4.78 is 4.99. The van der Waals surface area contributed by atoms with Crippen molar-refractivity contribution in [2.75, 3.05) is 40.4 Å². The number of rotatable bonds is 8. The lowest BCUT2D eigenvalue weighted by Crippen LogP contribution is -2.57. The second kappa shape index (κ2) is 7.44. The van der Waals surface area contributed by atoms with E-state index in [2.05, 4.69) is 22.3 Å². The van der Waals surface area contributed by atoms with E-state index in [1.165, 1.54) is 0 Å². The molecule has 0 heterocycles. The van der Waals surface area contributed by atoms with Crippen molar-refractivity contribution in [2.45, 2.75) is 19.8 Å². The average molecular weight is 286 g/mol. The SMILES string of the molecule is COCCN(C)CCNC(=O)C1(C(N)=NO)CC(C)C1. The van der Waals surface area contributed by atoms with Crippen LogP contribution < -0.4 is 11.1 Å². The fraction of sp³-hybridized carbons (Fsp3) is 0.846. The molecule has 0 aliphatic heterocycles. The Morgan fingerprint density at radius 1 is 1.55 bits per heavy atom. The number of ether oxygens (including phenoxy) is 1. The number of nitrogens with two attached hydrogens (primary N) is 1. The first-order valence-corrected chi connectivity index (χ1v) is 6.90. The van der Waals surface area contributed by atoms with Gasteiger partial charge in [0, 0.05) is 26.7 Å². The summed E-state index contributed by atoms with van der Waals surface area (Å²) in [6.07, 6.45) is 1.27. The first kappa shape index (κ1) is 16.7. The monoisotopic (exact) mass is 286 g/mol. The van der Waals surface area contributed by atoms with Crippen LogP contribution in [0, 0.1) is 11.3 Å². The summed E-state index contributed by atoms with van der Waals surface area (Å²) in [5.41, 5.74) is 4.87. The molecule has 1 aliphatic rings. The number of hydrogen-bond acceptors (Lipinski definition) is 5. The molecule has 1 saturated carbocycles. The van der Waals surface area contributed by atoms with Crippen LogP contribution in [0.3, 0.4) is 0 Å². The first-order chi connectivity index (χ1) is 9.46. The van der Waals surface area contributed by atoms with E-state index in [9.17, 15) is 4.79 Å². The molecule has 1 aliphatic carbocycles. The molecule has 0 unspecified atom stereocenters. The summed E-state index contributed by atoms with van der Waals surface area (Å²) >= 11 is 0. The molecule has 0 radical (unpaired) electrons. The number of carbonyl (C=O) groups excluding carboxylic acids is 1. The summed E-state index contributed by atoms with van der Waals surface area (Å²) in [6.45, 7) is 4.80. The van der Waals surface area contributed by atoms with Crippen LogP contribution in [0.2, 0.25) is 0 Å².